The van der Waals surface area contributed by atoms with Gasteiger partial charge in [0.25, 0.3) is 5.91 Å². The number of methoxy groups -OCH3 is 1. The molecule has 2 fully saturated rings. The molecule has 4 heterocycles. The van der Waals surface area contributed by atoms with Crippen LogP contribution in [0.15, 0.2) is 60.9 Å². The largest absolute Gasteiger partial charge is 0.496 e. The van der Waals surface area contributed by atoms with E-state index in [0.717, 1.165) is 29.5 Å². The van der Waals surface area contributed by atoms with Gasteiger partial charge in [0.15, 0.2) is 0 Å². The molecule has 6 rings (SSSR count). The molecule has 2 atom stereocenters. The number of carbonyl (C=O) groups excluding carboxylic acids is 3. The van der Waals surface area contributed by atoms with Crippen LogP contribution in [0.5, 0.6) is 5.75 Å². The first kappa shape index (κ1) is 34.9. The van der Waals surface area contributed by atoms with Gasteiger partial charge in [0.05, 0.1) is 17.8 Å². The predicted molar refractivity (Wildman–Crippen MR) is 189 cm³/mol. The van der Waals surface area contributed by atoms with E-state index in [1.54, 1.807) is 36.7 Å². The monoisotopic (exact) mass is 699 g/mol. The van der Waals surface area contributed by atoms with Crippen molar-refractivity contribution >= 4 is 35.0 Å². The zero-order chi connectivity index (χ0) is 35.2. The van der Waals surface area contributed by atoms with Gasteiger partial charge in [-0.1, -0.05) is 29.8 Å². The summed E-state index contributed by atoms with van der Waals surface area (Å²) in [5.74, 6) is -0.362. The SMILES string of the molecule is COc1cc(-c2nccc(-c3cccc(NC(=O)c4ccc(CNC[C@H]5CCC(=O)N5)cn4)c3C)c2Cl)cc(F)c1CNC[C@@H]1CCC(=O)N1. The van der Waals surface area contributed by atoms with Crippen LogP contribution in [0.3, 0.4) is 0 Å². The van der Waals surface area contributed by atoms with Crippen molar-refractivity contribution in [2.75, 3.05) is 25.5 Å². The molecule has 2 aromatic heterocycles. The highest BCUT2D eigenvalue weighted by Gasteiger charge is 2.23. The van der Waals surface area contributed by atoms with E-state index in [0.29, 0.717) is 71.3 Å². The van der Waals surface area contributed by atoms with Crippen LogP contribution in [0.25, 0.3) is 22.4 Å². The van der Waals surface area contributed by atoms with Crippen LogP contribution in [-0.4, -0.2) is 60.0 Å². The number of halogens is 2. The fraction of sp³-hybridized carbons (Fsp3) is 0.324. The highest BCUT2D eigenvalue weighted by atomic mass is 35.5. The zero-order valence-electron chi connectivity index (χ0n) is 27.9. The van der Waals surface area contributed by atoms with E-state index in [4.69, 9.17) is 16.3 Å². The van der Waals surface area contributed by atoms with Crippen molar-refractivity contribution < 1.29 is 23.5 Å². The minimum atomic E-state index is -0.469. The van der Waals surface area contributed by atoms with Crippen LogP contribution in [0.1, 0.15) is 52.9 Å². The number of nitrogens with zero attached hydrogens (tertiary/aromatic N) is 2. The molecule has 260 valence electrons. The smallest absolute Gasteiger partial charge is 0.274 e. The van der Waals surface area contributed by atoms with Gasteiger partial charge in [-0.2, -0.15) is 0 Å². The third-order valence-corrected chi connectivity index (χ3v) is 9.43. The molecule has 2 aliphatic rings. The Balaban J connectivity index is 1.14. The average Bonchev–Trinajstić information content (AvgIpc) is 3.73. The van der Waals surface area contributed by atoms with Gasteiger partial charge in [-0.25, -0.2) is 4.39 Å². The van der Waals surface area contributed by atoms with Crippen LogP contribution in [0, 0.1) is 12.7 Å². The molecular weight excluding hydrogens is 661 g/mol. The van der Waals surface area contributed by atoms with Crippen LogP contribution in [0.4, 0.5) is 10.1 Å². The number of pyridine rings is 2. The molecule has 13 heteroatoms. The van der Waals surface area contributed by atoms with E-state index in [2.05, 4.69) is 36.6 Å². The van der Waals surface area contributed by atoms with Crippen molar-refractivity contribution in [1.29, 1.82) is 0 Å². The first-order valence-electron chi connectivity index (χ1n) is 16.6. The maximum atomic E-state index is 15.5. The molecule has 0 unspecified atom stereocenters. The van der Waals surface area contributed by atoms with Gasteiger partial charge in [0.2, 0.25) is 11.8 Å². The fourth-order valence-electron chi connectivity index (χ4n) is 6.29. The molecule has 0 aliphatic carbocycles. The van der Waals surface area contributed by atoms with E-state index in [9.17, 15) is 14.4 Å². The highest BCUT2D eigenvalue weighted by Crippen LogP contribution is 2.39. The van der Waals surface area contributed by atoms with Gasteiger partial charge in [-0.3, -0.25) is 24.4 Å². The van der Waals surface area contributed by atoms with Crippen molar-refractivity contribution in [3.8, 4) is 28.1 Å². The number of nitrogens with one attached hydrogen (secondary N) is 5. The third kappa shape index (κ3) is 8.10. The summed E-state index contributed by atoms with van der Waals surface area (Å²) < 4.78 is 21.1. The Morgan fingerprint density at radius 1 is 0.960 bits per heavy atom. The number of hydrogen-bond donors (Lipinski definition) is 5. The number of benzene rings is 2. The zero-order valence-corrected chi connectivity index (χ0v) is 28.6. The maximum absolute atomic E-state index is 15.5. The van der Waals surface area contributed by atoms with Crippen LogP contribution in [0.2, 0.25) is 5.02 Å². The Hall–Kier alpha value is -4.91. The third-order valence-electron chi connectivity index (χ3n) is 9.05. The Bertz CT molecular complexity index is 1910. The standard InChI is InChI=1S/C37H39ClFN7O4/c1-21-26(4-3-5-30(21)46-37(49)31-9-6-22(17-43-31)16-40-18-24-7-10-33(47)44-24)27-12-13-42-36(35(27)38)23-14-29(39)28(32(15-23)50-2)20-41-19-25-8-11-34(48)45-25/h3-6,9,12-15,17,24-25,40-41H,7-8,10-11,16,18-20H2,1-2H3,(H,44,47)(H,45,48)(H,46,49)/t24-,25+/m1/s1. The molecule has 5 N–H and O–H groups in total. The lowest BCUT2D eigenvalue weighted by Gasteiger charge is -2.17. The minimum absolute atomic E-state index is 0.0212. The summed E-state index contributed by atoms with van der Waals surface area (Å²) in [5, 5.41) is 15.6. The lowest BCUT2D eigenvalue weighted by Crippen LogP contribution is -2.35. The number of amides is 3. The number of rotatable bonds is 13. The first-order chi connectivity index (χ1) is 24.2. The molecule has 2 aliphatic heterocycles. The lowest BCUT2D eigenvalue weighted by molar-refractivity contribution is -0.120. The average molecular weight is 700 g/mol. The molecule has 0 saturated carbocycles. The summed E-state index contributed by atoms with van der Waals surface area (Å²) in [6.07, 6.45) is 5.90. The van der Waals surface area contributed by atoms with Crippen molar-refractivity contribution in [3.63, 3.8) is 0 Å². The van der Waals surface area contributed by atoms with Crippen LogP contribution >= 0.6 is 11.6 Å². The molecule has 2 aromatic carbocycles. The van der Waals surface area contributed by atoms with Crippen LogP contribution < -0.4 is 31.3 Å². The summed E-state index contributed by atoms with van der Waals surface area (Å²) in [5.41, 5.74) is 5.21. The molecule has 0 bridgehead atoms. The second kappa shape index (κ2) is 15.8. The van der Waals surface area contributed by atoms with Crippen molar-refractivity contribution in [2.24, 2.45) is 0 Å². The van der Waals surface area contributed by atoms with E-state index in [1.165, 1.54) is 13.2 Å². The number of hydrogen-bond acceptors (Lipinski definition) is 8. The summed E-state index contributed by atoms with van der Waals surface area (Å²) in [6.45, 7) is 3.87. The molecule has 0 spiro atoms. The van der Waals surface area contributed by atoms with Gasteiger partial charge in [-0.05, 0) is 66.8 Å². The summed E-state index contributed by atoms with van der Waals surface area (Å²) >= 11 is 6.96. The maximum Gasteiger partial charge on any atom is 0.274 e. The van der Waals surface area contributed by atoms with Crippen LogP contribution in [-0.2, 0) is 22.7 Å². The Kier molecular flexibility index (Phi) is 11.0. The summed E-state index contributed by atoms with van der Waals surface area (Å²) in [6, 6.07) is 14.1. The minimum Gasteiger partial charge on any atom is -0.496 e. The quantitative estimate of drug-likeness (QED) is 0.132. The van der Waals surface area contributed by atoms with Gasteiger partial charge < -0.3 is 31.3 Å². The second-order valence-corrected chi connectivity index (χ2v) is 12.9. The Morgan fingerprint density at radius 3 is 2.32 bits per heavy atom. The topological polar surface area (TPSA) is 146 Å². The number of aromatic nitrogens is 2. The molecule has 2 saturated heterocycles. The van der Waals surface area contributed by atoms with Crippen molar-refractivity contribution in [2.45, 2.75) is 57.8 Å². The van der Waals surface area contributed by atoms with Crippen molar-refractivity contribution in [3.05, 3.63) is 94.1 Å². The molecule has 50 heavy (non-hydrogen) atoms. The number of carbonyl (C=O) groups is 3. The van der Waals surface area contributed by atoms with Gasteiger partial charge in [0, 0.05) is 85.9 Å². The molecular formula is C37H39ClFN7O4. The van der Waals surface area contributed by atoms with E-state index < -0.39 is 5.82 Å². The second-order valence-electron chi connectivity index (χ2n) is 12.5. The Morgan fingerprint density at radius 2 is 1.68 bits per heavy atom. The molecule has 11 nitrogen and oxygen atoms in total. The lowest BCUT2D eigenvalue weighted by atomic mass is 9.97. The molecule has 0 radical (unpaired) electrons. The number of ether oxygens (including phenoxy) is 1. The molecule has 3 amide bonds. The summed E-state index contributed by atoms with van der Waals surface area (Å²) in [4.78, 5) is 44.9. The van der Waals surface area contributed by atoms with Gasteiger partial charge in [0.1, 0.15) is 17.3 Å². The highest BCUT2D eigenvalue weighted by molar-refractivity contribution is 6.35. The molecule has 4 aromatic rings. The van der Waals surface area contributed by atoms with E-state index in [1.807, 2.05) is 25.1 Å². The van der Waals surface area contributed by atoms with E-state index >= 15 is 4.39 Å². The predicted octanol–water partition coefficient (Wildman–Crippen LogP) is 4.91. The fourth-order valence-corrected chi connectivity index (χ4v) is 6.61. The number of anilines is 1. The van der Waals surface area contributed by atoms with Gasteiger partial charge in [-0.15, -0.1) is 0 Å². The first-order valence-corrected chi connectivity index (χ1v) is 17.0. The normalized spacial score (nSPS) is 17.0. The summed E-state index contributed by atoms with van der Waals surface area (Å²) in [7, 11) is 1.48. The van der Waals surface area contributed by atoms with Crippen molar-refractivity contribution in [1.82, 2.24) is 31.2 Å². The Labute approximate surface area is 294 Å². The van der Waals surface area contributed by atoms with E-state index in [-0.39, 0.29) is 42.0 Å². The van der Waals surface area contributed by atoms with Gasteiger partial charge >= 0.3 is 0 Å².